The summed E-state index contributed by atoms with van der Waals surface area (Å²) in [6.45, 7) is 26.9. The first-order valence-corrected chi connectivity index (χ1v) is 15.3. The molecule has 1 N–H and O–H groups in total. The van der Waals surface area contributed by atoms with Crippen LogP contribution in [0, 0.1) is 6.92 Å². The molecule has 1 aliphatic heterocycles. The first-order chi connectivity index (χ1) is 21.8. The van der Waals surface area contributed by atoms with Gasteiger partial charge in [-0.05, 0) is 56.7 Å². The zero-order valence-electron chi connectivity index (χ0n) is 28.8. The summed E-state index contributed by atoms with van der Waals surface area (Å²) >= 11 is 6.73. The molecule has 2 aromatic heterocycles. The smallest absolute Gasteiger partial charge is 0.144 e. The molecule has 1 aliphatic rings. The van der Waals surface area contributed by atoms with Gasteiger partial charge in [-0.15, -0.1) is 0 Å². The number of hydrogen-bond donors (Lipinski definition) is 1. The molecule has 1 saturated heterocycles. The highest BCUT2D eigenvalue weighted by Crippen LogP contribution is 2.39. The number of anilines is 2. The van der Waals surface area contributed by atoms with E-state index in [1.165, 1.54) is 6.08 Å². The number of carbonyl (C=O) groups is 2. The number of halogens is 2. The minimum Gasteiger partial charge on any atom is -0.507 e. The molecule has 252 valence electrons. The fraction of sp³-hybridized carbons (Fsp3) is 0.400. The van der Waals surface area contributed by atoms with Gasteiger partial charge in [0.25, 0.3) is 0 Å². The van der Waals surface area contributed by atoms with E-state index >= 15 is 0 Å². The van der Waals surface area contributed by atoms with Crippen molar-refractivity contribution in [3.8, 4) is 0 Å². The number of aldehydes is 1. The van der Waals surface area contributed by atoms with Gasteiger partial charge in [-0.1, -0.05) is 59.0 Å². The van der Waals surface area contributed by atoms with Crippen LogP contribution in [0.15, 0.2) is 66.8 Å². The predicted octanol–water partition coefficient (Wildman–Crippen LogP) is 7.49. The average molecular weight is 657 g/mol. The fourth-order valence-corrected chi connectivity index (χ4v) is 5.02. The predicted molar refractivity (Wildman–Crippen MR) is 191 cm³/mol. The van der Waals surface area contributed by atoms with Crippen LogP contribution in [0.1, 0.15) is 63.1 Å². The lowest BCUT2D eigenvalue weighted by molar-refractivity contribution is -0.104. The molecule has 0 bridgehead atoms. The molecule has 3 heterocycles. The Bertz CT molecular complexity index is 1400. The van der Waals surface area contributed by atoms with Crippen LogP contribution < -0.4 is 4.90 Å². The van der Waals surface area contributed by atoms with Gasteiger partial charge in [0.05, 0.1) is 33.2 Å². The van der Waals surface area contributed by atoms with Crippen molar-refractivity contribution in [3.63, 3.8) is 0 Å². The molecule has 46 heavy (non-hydrogen) atoms. The Kier molecular flexibility index (Phi) is 18.9. The minimum atomic E-state index is -0.865. The van der Waals surface area contributed by atoms with Crippen LogP contribution in [0.25, 0.3) is 5.57 Å². The van der Waals surface area contributed by atoms with E-state index in [1.54, 1.807) is 19.3 Å². The summed E-state index contributed by atoms with van der Waals surface area (Å²) in [5.74, 6) is 0.121. The number of amidine groups is 1. The molecule has 0 saturated carbocycles. The van der Waals surface area contributed by atoms with Crippen molar-refractivity contribution in [2.75, 3.05) is 45.7 Å². The van der Waals surface area contributed by atoms with Gasteiger partial charge in [0, 0.05) is 46.0 Å². The second kappa shape index (κ2) is 20.8. The van der Waals surface area contributed by atoms with E-state index < -0.39 is 11.6 Å². The molecule has 1 atom stereocenters. The maximum atomic E-state index is 14.6. The molecule has 0 unspecified atom stereocenters. The number of piperazine rings is 1. The number of rotatable bonds is 8. The Balaban J connectivity index is 0.00000230. The van der Waals surface area contributed by atoms with E-state index in [9.17, 15) is 9.50 Å². The number of hydrogen-bond acceptors (Lipinski definition) is 8. The summed E-state index contributed by atoms with van der Waals surface area (Å²) in [5, 5.41) is 10.6. The number of aliphatic hydroxyl groups is 1. The lowest BCUT2D eigenvalue weighted by atomic mass is 10.0. The van der Waals surface area contributed by atoms with Crippen molar-refractivity contribution >= 4 is 47.6 Å². The van der Waals surface area contributed by atoms with Crippen molar-refractivity contribution < 1.29 is 19.1 Å². The standard InChI is InChI=1S/C29H38ClFN6O.C3H4O.C2H6.CH2O/c1-10-23(38)24(20(6)31)26-22(30)15-21(28(32-7)37-14-13-35(8)19(5)16-37)29(34-26)36(9)27-18(4)11-12-33-25(27)17(2)3;1-2-3-4;2*1-2/h10-12,15,17,19,38H,1,6,13-14,16H2,2-5,7-9H3;2-3H,1H2;1-2H3;1H2/b24-23-,32-28?;;;/t19-;;;/m0.../s1. The highest BCUT2D eigenvalue weighted by molar-refractivity contribution is 6.33. The zero-order chi connectivity index (χ0) is 35.7. The van der Waals surface area contributed by atoms with Crippen LogP contribution in [-0.4, -0.2) is 90.6 Å². The van der Waals surface area contributed by atoms with Gasteiger partial charge in [-0.25, -0.2) is 9.37 Å². The molecule has 11 heteroatoms. The van der Waals surface area contributed by atoms with Gasteiger partial charge in [-0.3, -0.25) is 14.8 Å². The van der Waals surface area contributed by atoms with Crippen molar-refractivity contribution in [1.82, 2.24) is 19.8 Å². The lowest BCUT2D eigenvalue weighted by Gasteiger charge is -2.40. The van der Waals surface area contributed by atoms with Gasteiger partial charge >= 0.3 is 0 Å². The first-order valence-electron chi connectivity index (χ1n) is 14.9. The summed E-state index contributed by atoms with van der Waals surface area (Å²) in [7, 11) is 5.76. The number of pyridine rings is 2. The van der Waals surface area contributed by atoms with E-state index in [0.717, 1.165) is 48.5 Å². The third-order valence-corrected chi connectivity index (χ3v) is 7.36. The molecular weight excluding hydrogens is 607 g/mol. The second-order valence-corrected chi connectivity index (χ2v) is 10.7. The van der Waals surface area contributed by atoms with Crippen LogP contribution in [0.2, 0.25) is 5.02 Å². The Morgan fingerprint density at radius 3 is 2.30 bits per heavy atom. The molecule has 0 radical (unpaired) electrons. The number of nitrogens with zero attached hydrogens (tertiary/aromatic N) is 6. The van der Waals surface area contributed by atoms with Crippen molar-refractivity contribution in [2.24, 2.45) is 4.99 Å². The highest BCUT2D eigenvalue weighted by atomic mass is 35.5. The number of aliphatic hydroxyl groups excluding tert-OH is 1. The van der Waals surface area contributed by atoms with Gasteiger partial charge in [0.1, 0.15) is 36.3 Å². The number of allylic oxidation sites excluding steroid dienone is 4. The molecule has 0 spiro atoms. The molecule has 3 rings (SSSR count). The summed E-state index contributed by atoms with van der Waals surface area (Å²) in [6.07, 6.45) is 4.77. The quantitative estimate of drug-likeness (QED) is 0.0779. The summed E-state index contributed by atoms with van der Waals surface area (Å²) in [5.41, 5.74) is 3.36. The summed E-state index contributed by atoms with van der Waals surface area (Å²) in [6, 6.07) is 4.01. The molecule has 1 fully saturated rings. The topological polar surface area (TPSA) is 102 Å². The van der Waals surface area contributed by atoms with Gasteiger partial charge < -0.3 is 24.6 Å². The van der Waals surface area contributed by atoms with E-state index in [4.69, 9.17) is 26.2 Å². The van der Waals surface area contributed by atoms with Gasteiger partial charge in [-0.2, -0.15) is 0 Å². The molecular formula is C35H50ClFN6O3. The number of likely N-dealkylation sites (N-methyl/N-ethyl adjacent to an activating group) is 1. The summed E-state index contributed by atoms with van der Waals surface area (Å²) < 4.78 is 14.6. The monoisotopic (exact) mass is 656 g/mol. The minimum absolute atomic E-state index is 0.0667. The maximum absolute atomic E-state index is 14.6. The first kappa shape index (κ1) is 41.9. The highest BCUT2D eigenvalue weighted by Gasteiger charge is 2.30. The number of carbonyl (C=O) groups excluding carboxylic acids is 2. The maximum Gasteiger partial charge on any atom is 0.144 e. The van der Waals surface area contributed by atoms with Crippen LogP contribution in [-0.2, 0) is 9.59 Å². The lowest BCUT2D eigenvalue weighted by Crippen LogP contribution is -2.52. The van der Waals surface area contributed by atoms with E-state index in [1.807, 2.05) is 45.6 Å². The number of aryl methyl sites for hydroxylation is 1. The van der Waals surface area contributed by atoms with Gasteiger partial charge in [0.15, 0.2) is 0 Å². The normalized spacial score (nSPS) is 15.1. The molecule has 2 aromatic rings. The molecule has 0 aliphatic carbocycles. The largest absolute Gasteiger partial charge is 0.507 e. The Labute approximate surface area is 279 Å². The fourth-order valence-electron chi connectivity index (χ4n) is 4.77. The third-order valence-electron chi connectivity index (χ3n) is 7.08. The second-order valence-electron chi connectivity index (χ2n) is 10.3. The van der Waals surface area contributed by atoms with Crippen molar-refractivity contribution in [2.45, 2.75) is 53.5 Å². The molecule has 9 nitrogen and oxygen atoms in total. The van der Waals surface area contributed by atoms with Crippen LogP contribution in [0.5, 0.6) is 0 Å². The van der Waals surface area contributed by atoms with Gasteiger partial charge in [0.2, 0.25) is 0 Å². The van der Waals surface area contributed by atoms with E-state index in [0.29, 0.717) is 23.7 Å². The van der Waals surface area contributed by atoms with Crippen LogP contribution in [0.3, 0.4) is 0 Å². The van der Waals surface area contributed by atoms with Crippen LogP contribution >= 0.6 is 11.6 Å². The van der Waals surface area contributed by atoms with Crippen molar-refractivity contribution in [3.05, 3.63) is 89.3 Å². The molecule has 0 amide bonds. The van der Waals surface area contributed by atoms with E-state index in [2.05, 4.69) is 67.3 Å². The summed E-state index contributed by atoms with van der Waals surface area (Å²) in [4.78, 5) is 37.7. The Hall–Kier alpha value is -4.15. The van der Waals surface area contributed by atoms with E-state index in [-0.39, 0.29) is 22.2 Å². The van der Waals surface area contributed by atoms with Crippen molar-refractivity contribution in [1.29, 1.82) is 0 Å². The molecule has 0 aromatic carbocycles. The number of aromatic nitrogens is 2. The zero-order valence-corrected chi connectivity index (χ0v) is 29.5. The number of aliphatic imine (C=N–C) groups is 1. The SMILES string of the molecule is C=C/C(O)=C(\C(=C)F)c1nc(N(C)c2c(C)ccnc2C(C)C)c(C(=NC)N2CCN(C)[C@@H](C)C2)cc1Cl.C=CC=O.C=O.CC. The van der Waals surface area contributed by atoms with Crippen LogP contribution in [0.4, 0.5) is 15.9 Å². The average Bonchev–Trinajstić information content (AvgIpc) is 3.05. The Morgan fingerprint density at radius 2 is 1.85 bits per heavy atom. The third kappa shape index (κ3) is 10.5. The Morgan fingerprint density at radius 1 is 1.26 bits per heavy atom.